The fourth-order valence-electron chi connectivity index (χ4n) is 3.16. The molecule has 24 heavy (non-hydrogen) atoms. The largest absolute Gasteiger partial charge is 0.352 e. The van der Waals surface area contributed by atoms with Crippen LogP contribution in [0.5, 0.6) is 0 Å². The highest BCUT2D eigenvalue weighted by Gasteiger charge is 2.14. The third-order valence-electron chi connectivity index (χ3n) is 4.53. The molecule has 0 saturated heterocycles. The van der Waals surface area contributed by atoms with Gasteiger partial charge in [0.05, 0.1) is 11.0 Å². The summed E-state index contributed by atoms with van der Waals surface area (Å²) in [5.74, 6) is -0.0253. The summed E-state index contributed by atoms with van der Waals surface area (Å²) in [6, 6.07) is 15.1. The molecule has 0 radical (unpaired) electrons. The van der Waals surface area contributed by atoms with E-state index in [-0.39, 0.29) is 23.9 Å². The second-order valence-electron chi connectivity index (χ2n) is 6.03. The van der Waals surface area contributed by atoms with E-state index in [4.69, 9.17) is 0 Å². The van der Waals surface area contributed by atoms with Crippen molar-refractivity contribution in [2.45, 2.75) is 39.3 Å². The van der Waals surface area contributed by atoms with Crippen LogP contribution in [0.3, 0.4) is 0 Å². The monoisotopic (exact) mass is 322 g/mol. The maximum absolute atomic E-state index is 12.7. The van der Waals surface area contributed by atoms with E-state index in [1.54, 1.807) is 0 Å². The summed E-state index contributed by atoms with van der Waals surface area (Å²) in [6.45, 7) is 4.34. The number of para-hydroxylation sites is 2. The number of rotatable bonds is 5. The molecule has 1 N–H and O–H groups in total. The second-order valence-corrected chi connectivity index (χ2v) is 6.03. The van der Waals surface area contributed by atoms with Crippen LogP contribution in [-0.2, 0) is 11.3 Å². The molecule has 0 saturated carbocycles. The first-order valence-electron chi connectivity index (χ1n) is 8.45. The molecule has 0 atom stereocenters. The number of benzene rings is 2. The second kappa shape index (κ2) is 6.87. The van der Waals surface area contributed by atoms with Gasteiger partial charge in [-0.3, -0.25) is 9.59 Å². The van der Waals surface area contributed by atoms with E-state index in [1.807, 2.05) is 53.1 Å². The molecule has 2 aromatic carbocycles. The van der Waals surface area contributed by atoms with Crippen molar-refractivity contribution in [2.75, 3.05) is 0 Å². The first-order valence-corrected chi connectivity index (χ1v) is 8.45. The Bertz CT molecular complexity index is 879. The molecule has 0 aliphatic rings. The molecule has 4 heteroatoms. The van der Waals surface area contributed by atoms with Gasteiger partial charge in [-0.2, -0.15) is 0 Å². The molecule has 0 aliphatic heterocycles. The molecule has 0 spiro atoms. The van der Waals surface area contributed by atoms with Crippen molar-refractivity contribution in [3.63, 3.8) is 0 Å². The summed E-state index contributed by atoms with van der Waals surface area (Å²) in [7, 11) is 0. The molecule has 1 aromatic heterocycles. The Labute approximate surface area is 141 Å². The van der Waals surface area contributed by atoms with Crippen LogP contribution in [0.1, 0.15) is 26.7 Å². The summed E-state index contributed by atoms with van der Waals surface area (Å²) in [4.78, 5) is 25.2. The molecule has 1 heterocycles. The van der Waals surface area contributed by atoms with Crippen molar-refractivity contribution in [3.8, 4) is 0 Å². The van der Waals surface area contributed by atoms with Gasteiger partial charge < -0.3 is 9.88 Å². The van der Waals surface area contributed by atoms with Crippen molar-refractivity contribution in [2.24, 2.45) is 0 Å². The van der Waals surface area contributed by atoms with Gasteiger partial charge in [0.25, 0.3) is 0 Å². The molecule has 0 fully saturated rings. The van der Waals surface area contributed by atoms with Crippen LogP contribution in [0.4, 0.5) is 0 Å². The van der Waals surface area contributed by atoms with Crippen LogP contribution < -0.4 is 10.7 Å². The Hall–Kier alpha value is -2.62. The molecule has 3 rings (SSSR count). The zero-order valence-electron chi connectivity index (χ0n) is 14.1. The lowest BCUT2D eigenvalue weighted by molar-refractivity contribution is -0.122. The number of aromatic nitrogens is 1. The zero-order valence-corrected chi connectivity index (χ0v) is 14.1. The smallest absolute Gasteiger partial charge is 0.240 e. The highest BCUT2D eigenvalue weighted by Crippen LogP contribution is 2.19. The third-order valence-corrected chi connectivity index (χ3v) is 4.53. The summed E-state index contributed by atoms with van der Waals surface area (Å²) < 4.78 is 1.93. The summed E-state index contributed by atoms with van der Waals surface area (Å²) >= 11 is 0. The standard InChI is InChI=1S/C20H22N2O2/c1-3-14(4-2)21-19(23)13-22-17-11-7-5-9-15(17)20(24)16-10-6-8-12-18(16)22/h5-12,14H,3-4,13H2,1-2H3,(H,21,23). The summed E-state index contributed by atoms with van der Waals surface area (Å²) in [5, 5.41) is 4.36. The Kier molecular flexibility index (Phi) is 4.65. The van der Waals surface area contributed by atoms with Crippen LogP contribution in [0, 0.1) is 0 Å². The van der Waals surface area contributed by atoms with Crippen LogP contribution in [0.15, 0.2) is 53.3 Å². The number of nitrogens with one attached hydrogen (secondary N) is 1. The Morgan fingerprint density at radius 2 is 1.46 bits per heavy atom. The van der Waals surface area contributed by atoms with E-state index in [0.29, 0.717) is 10.8 Å². The number of carbonyl (C=O) groups is 1. The SMILES string of the molecule is CCC(CC)NC(=O)Cn1c2ccccc2c(=O)c2ccccc21. The number of hydrogen-bond acceptors (Lipinski definition) is 2. The normalized spacial score (nSPS) is 11.3. The van der Waals surface area contributed by atoms with Gasteiger partial charge in [0.1, 0.15) is 6.54 Å². The van der Waals surface area contributed by atoms with E-state index >= 15 is 0 Å². The Morgan fingerprint density at radius 3 is 1.96 bits per heavy atom. The minimum absolute atomic E-state index is 0.0119. The van der Waals surface area contributed by atoms with Crippen LogP contribution in [0.25, 0.3) is 21.8 Å². The molecule has 124 valence electrons. The van der Waals surface area contributed by atoms with E-state index < -0.39 is 0 Å². The maximum Gasteiger partial charge on any atom is 0.240 e. The molecule has 3 aromatic rings. The van der Waals surface area contributed by atoms with E-state index in [0.717, 1.165) is 23.9 Å². The van der Waals surface area contributed by atoms with Gasteiger partial charge in [0.15, 0.2) is 5.43 Å². The molecule has 1 amide bonds. The molecule has 0 bridgehead atoms. The minimum atomic E-state index is -0.0253. The van der Waals surface area contributed by atoms with Crippen LogP contribution in [0.2, 0.25) is 0 Å². The molecule has 4 nitrogen and oxygen atoms in total. The topological polar surface area (TPSA) is 51.1 Å². The highest BCUT2D eigenvalue weighted by atomic mass is 16.2. The van der Waals surface area contributed by atoms with Crippen molar-refractivity contribution < 1.29 is 4.79 Å². The fourth-order valence-corrected chi connectivity index (χ4v) is 3.16. The van der Waals surface area contributed by atoms with Crippen molar-refractivity contribution in [1.82, 2.24) is 9.88 Å². The minimum Gasteiger partial charge on any atom is -0.352 e. The van der Waals surface area contributed by atoms with Gasteiger partial charge in [-0.1, -0.05) is 38.1 Å². The predicted octanol–water partition coefficient (Wildman–Crippen LogP) is 3.46. The first-order chi connectivity index (χ1) is 11.7. The lowest BCUT2D eigenvalue weighted by atomic mass is 10.1. The quantitative estimate of drug-likeness (QED) is 0.731. The average molecular weight is 322 g/mol. The molecule has 0 aliphatic carbocycles. The molecule has 0 unspecified atom stereocenters. The maximum atomic E-state index is 12.7. The van der Waals surface area contributed by atoms with E-state index in [2.05, 4.69) is 19.2 Å². The first kappa shape index (κ1) is 16.2. The van der Waals surface area contributed by atoms with Gasteiger partial charge in [-0.25, -0.2) is 0 Å². The zero-order chi connectivity index (χ0) is 17.1. The van der Waals surface area contributed by atoms with Crippen molar-refractivity contribution in [1.29, 1.82) is 0 Å². The number of carbonyl (C=O) groups excluding carboxylic acids is 1. The predicted molar refractivity (Wildman–Crippen MR) is 98.2 cm³/mol. The molecular formula is C20H22N2O2. The summed E-state index contributed by atoms with van der Waals surface area (Å²) in [6.07, 6.45) is 1.82. The van der Waals surface area contributed by atoms with Gasteiger partial charge in [-0.05, 0) is 37.1 Å². The van der Waals surface area contributed by atoms with Crippen molar-refractivity contribution >= 4 is 27.7 Å². The number of nitrogens with zero attached hydrogens (tertiary/aromatic N) is 1. The van der Waals surface area contributed by atoms with Gasteiger partial charge in [-0.15, -0.1) is 0 Å². The Balaban J connectivity index is 2.13. The number of pyridine rings is 1. The van der Waals surface area contributed by atoms with Gasteiger partial charge in [0, 0.05) is 16.8 Å². The summed E-state index contributed by atoms with van der Waals surface area (Å²) in [5.41, 5.74) is 1.60. The van der Waals surface area contributed by atoms with Crippen molar-refractivity contribution in [3.05, 3.63) is 58.8 Å². The number of fused-ring (bicyclic) bond motifs is 2. The highest BCUT2D eigenvalue weighted by molar-refractivity contribution is 5.94. The molecular weight excluding hydrogens is 300 g/mol. The van der Waals surface area contributed by atoms with Crippen LogP contribution in [-0.4, -0.2) is 16.5 Å². The van der Waals surface area contributed by atoms with Gasteiger partial charge >= 0.3 is 0 Å². The van der Waals surface area contributed by atoms with Gasteiger partial charge in [0.2, 0.25) is 5.91 Å². The third kappa shape index (κ3) is 2.92. The lowest BCUT2D eigenvalue weighted by Gasteiger charge is -2.18. The number of amides is 1. The lowest BCUT2D eigenvalue weighted by Crippen LogP contribution is -2.36. The van der Waals surface area contributed by atoms with E-state index in [9.17, 15) is 9.59 Å². The van der Waals surface area contributed by atoms with E-state index in [1.165, 1.54) is 0 Å². The Morgan fingerprint density at radius 1 is 0.958 bits per heavy atom. The van der Waals surface area contributed by atoms with Crippen LogP contribution >= 0.6 is 0 Å². The number of hydrogen-bond donors (Lipinski definition) is 1. The average Bonchev–Trinajstić information content (AvgIpc) is 2.63. The fraction of sp³-hybridized carbons (Fsp3) is 0.300.